The van der Waals surface area contributed by atoms with Crippen molar-refractivity contribution in [2.45, 2.75) is 37.8 Å². The maximum atomic E-state index is 12.9. The van der Waals surface area contributed by atoms with Crippen molar-refractivity contribution in [2.75, 3.05) is 51.4 Å². The number of hydrogen-bond donors (Lipinski definition) is 0. The molecule has 0 bridgehead atoms. The van der Waals surface area contributed by atoms with E-state index in [-0.39, 0.29) is 6.04 Å². The van der Waals surface area contributed by atoms with Gasteiger partial charge in [-0.15, -0.1) is 0 Å². The highest BCUT2D eigenvalue weighted by Gasteiger charge is 2.39. The minimum absolute atomic E-state index is 0.285. The predicted molar refractivity (Wildman–Crippen MR) is 100.0 cm³/mol. The van der Waals surface area contributed by atoms with Crippen LogP contribution >= 0.6 is 0 Å². The van der Waals surface area contributed by atoms with Gasteiger partial charge < -0.3 is 14.4 Å². The fraction of sp³-hybridized carbons (Fsp3) is 0.765. The monoisotopic (exact) mass is 397 g/mol. The molecule has 0 atom stereocenters. The second kappa shape index (κ2) is 7.86. The van der Waals surface area contributed by atoms with Gasteiger partial charge in [0.05, 0.1) is 20.3 Å². The summed E-state index contributed by atoms with van der Waals surface area (Å²) in [7, 11) is -1.79. The molecule has 0 N–H and O–H groups in total. The van der Waals surface area contributed by atoms with Crippen molar-refractivity contribution >= 4 is 16.0 Å². The van der Waals surface area contributed by atoms with Crippen molar-refractivity contribution in [2.24, 2.45) is 0 Å². The first kappa shape index (κ1) is 18.9. The van der Waals surface area contributed by atoms with Gasteiger partial charge in [-0.1, -0.05) is 0 Å². The van der Waals surface area contributed by atoms with Crippen molar-refractivity contribution in [1.82, 2.24) is 18.6 Å². The molecule has 9 nitrogen and oxygen atoms in total. The molecule has 27 heavy (non-hydrogen) atoms. The fourth-order valence-electron chi connectivity index (χ4n) is 3.90. The lowest BCUT2D eigenvalue weighted by molar-refractivity contribution is 0.0696. The Morgan fingerprint density at radius 1 is 1.04 bits per heavy atom. The van der Waals surface area contributed by atoms with Crippen LogP contribution in [0.2, 0.25) is 0 Å². The van der Waals surface area contributed by atoms with Gasteiger partial charge in [-0.2, -0.15) is 17.0 Å². The van der Waals surface area contributed by atoms with E-state index in [0.717, 1.165) is 31.5 Å². The molecule has 2 aliphatic heterocycles. The molecule has 1 aromatic rings. The highest BCUT2D eigenvalue weighted by molar-refractivity contribution is 7.86. The molecule has 0 radical (unpaired) electrons. The topological polar surface area (TPSA) is 88.1 Å². The van der Waals surface area contributed by atoms with Crippen LogP contribution in [0.1, 0.15) is 25.7 Å². The molecular formula is C17H27N5O4S. The SMILES string of the molecule is COc1cc(N(C2CC2)C2CCN(S(=O)(=O)N3CCOCC3)CC2)ncn1. The van der Waals surface area contributed by atoms with E-state index in [0.29, 0.717) is 51.3 Å². The molecule has 0 aromatic carbocycles. The fourth-order valence-corrected chi connectivity index (χ4v) is 5.51. The van der Waals surface area contributed by atoms with Crippen LogP contribution < -0.4 is 9.64 Å². The number of morpholine rings is 1. The van der Waals surface area contributed by atoms with E-state index in [4.69, 9.17) is 9.47 Å². The van der Waals surface area contributed by atoms with Crippen molar-refractivity contribution in [3.8, 4) is 5.88 Å². The third-order valence-corrected chi connectivity index (χ3v) is 7.52. The Morgan fingerprint density at radius 3 is 2.30 bits per heavy atom. The van der Waals surface area contributed by atoms with Crippen molar-refractivity contribution < 1.29 is 17.9 Å². The molecule has 1 saturated carbocycles. The summed E-state index contributed by atoms with van der Waals surface area (Å²) in [5.74, 6) is 1.43. The summed E-state index contributed by atoms with van der Waals surface area (Å²) >= 11 is 0. The molecule has 3 aliphatic rings. The number of anilines is 1. The summed E-state index contributed by atoms with van der Waals surface area (Å²) in [5.41, 5.74) is 0. The zero-order valence-corrected chi connectivity index (χ0v) is 16.5. The highest BCUT2D eigenvalue weighted by atomic mass is 32.2. The molecule has 2 saturated heterocycles. The van der Waals surface area contributed by atoms with Crippen molar-refractivity contribution in [1.29, 1.82) is 0 Å². The normalized spacial score (nSPS) is 23.3. The van der Waals surface area contributed by atoms with Crippen LogP contribution in [0.5, 0.6) is 5.88 Å². The molecule has 0 amide bonds. The van der Waals surface area contributed by atoms with E-state index >= 15 is 0 Å². The predicted octanol–water partition coefficient (Wildman–Crippen LogP) is 0.495. The Kier molecular flexibility index (Phi) is 5.49. The van der Waals surface area contributed by atoms with E-state index in [1.54, 1.807) is 15.7 Å². The second-order valence-corrected chi connectivity index (χ2v) is 9.13. The molecule has 1 aliphatic carbocycles. The Labute approximate surface area is 160 Å². The molecule has 1 aromatic heterocycles. The number of ether oxygens (including phenoxy) is 2. The van der Waals surface area contributed by atoms with Crippen LogP contribution in [0, 0.1) is 0 Å². The van der Waals surface area contributed by atoms with Gasteiger partial charge in [-0.05, 0) is 25.7 Å². The smallest absolute Gasteiger partial charge is 0.282 e. The number of piperidine rings is 1. The molecule has 3 heterocycles. The maximum Gasteiger partial charge on any atom is 0.282 e. The van der Waals surface area contributed by atoms with Crippen LogP contribution in [0.4, 0.5) is 5.82 Å². The number of aromatic nitrogens is 2. The molecular weight excluding hydrogens is 370 g/mol. The average molecular weight is 398 g/mol. The number of hydrogen-bond acceptors (Lipinski definition) is 7. The zero-order chi connectivity index (χ0) is 18.9. The van der Waals surface area contributed by atoms with Gasteiger partial charge in [-0.25, -0.2) is 9.97 Å². The van der Waals surface area contributed by atoms with Crippen LogP contribution in [-0.2, 0) is 14.9 Å². The second-order valence-electron chi connectivity index (χ2n) is 7.21. The largest absolute Gasteiger partial charge is 0.481 e. The van der Waals surface area contributed by atoms with Gasteiger partial charge in [0, 0.05) is 44.3 Å². The van der Waals surface area contributed by atoms with Gasteiger partial charge in [0.15, 0.2) is 0 Å². The lowest BCUT2D eigenvalue weighted by atomic mass is 10.0. The van der Waals surface area contributed by atoms with E-state index in [1.165, 1.54) is 6.33 Å². The maximum absolute atomic E-state index is 12.9. The highest BCUT2D eigenvalue weighted by Crippen LogP contribution is 2.36. The van der Waals surface area contributed by atoms with Gasteiger partial charge >= 0.3 is 0 Å². The summed E-state index contributed by atoms with van der Waals surface area (Å²) < 4.78 is 39.4. The van der Waals surface area contributed by atoms with Crippen LogP contribution in [0.15, 0.2) is 12.4 Å². The van der Waals surface area contributed by atoms with Crippen LogP contribution in [0.25, 0.3) is 0 Å². The van der Waals surface area contributed by atoms with E-state index < -0.39 is 10.2 Å². The van der Waals surface area contributed by atoms with E-state index in [2.05, 4.69) is 14.9 Å². The zero-order valence-electron chi connectivity index (χ0n) is 15.7. The van der Waals surface area contributed by atoms with Crippen LogP contribution in [0.3, 0.4) is 0 Å². The lowest BCUT2D eigenvalue weighted by Crippen LogP contribution is -2.53. The third-order valence-electron chi connectivity index (χ3n) is 5.48. The van der Waals surface area contributed by atoms with Crippen molar-refractivity contribution in [3.05, 3.63) is 12.4 Å². The van der Waals surface area contributed by atoms with E-state index in [1.807, 2.05) is 6.07 Å². The average Bonchev–Trinajstić information content (AvgIpc) is 3.54. The molecule has 4 rings (SSSR count). The summed E-state index contributed by atoms with van der Waals surface area (Å²) in [5, 5.41) is 0. The Balaban J connectivity index is 1.44. The Hall–Kier alpha value is -1.49. The first-order chi connectivity index (χ1) is 13.1. The van der Waals surface area contributed by atoms with E-state index in [9.17, 15) is 8.42 Å². The van der Waals surface area contributed by atoms with Gasteiger partial charge in [0.2, 0.25) is 5.88 Å². The Morgan fingerprint density at radius 2 is 1.67 bits per heavy atom. The third kappa shape index (κ3) is 4.03. The van der Waals surface area contributed by atoms with Crippen molar-refractivity contribution in [3.63, 3.8) is 0 Å². The minimum Gasteiger partial charge on any atom is -0.481 e. The molecule has 0 spiro atoms. The standard InChI is InChI=1S/C17H27N5O4S/c1-25-17-12-16(18-13-19-17)22(14-2-3-14)15-4-6-20(7-5-15)27(23,24)21-8-10-26-11-9-21/h12-15H,2-11H2,1H3. The lowest BCUT2D eigenvalue weighted by Gasteiger charge is -2.40. The van der Waals surface area contributed by atoms with Gasteiger partial charge in [0.1, 0.15) is 12.1 Å². The minimum atomic E-state index is -3.39. The summed E-state index contributed by atoms with van der Waals surface area (Å²) in [6, 6.07) is 2.64. The molecule has 3 fully saturated rings. The summed E-state index contributed by atoms with van der Waals surface area (Å²) in [6.45, 7) is 2.90. The Bertz CT molecular complexity index is 743. The molecule has 150 valence electrons. The number of rotatable bonds is 6. The van der Waals surface area contributed by atoms with Crippen LogP contribution in [-0.4, -0.2) is 85.6 Å². The first-order valence-electron chi connectivity index (χ1n) is 9.57. The summed E-state index contributed by atoms with van der Waals surface area (Å²) in [4.78, 5) is 10.9. The van der Waals surface area contributed by atoms with Gasteiger partial charge in [0.25, 0.3) is 10.2 Å². The quantitative estimate of drug-likeness (QED) is 0.690. The van der Waals surface area contributed by atoms with Gasteiger partial charge in [-0.3, -0.25) is 0 Å². The molecule has 10 heteroatoms. The number of methoxy groups -OCH3 is 1. The summed E-state index contributed by atoms with van der Waals surface area (Å²) in [6.07, 6.45) is 5.43. The first-order valence-corrected chi connectivity index (χ1v) is 11.0. The molecule has 0 unspecified atom stereocenters. The number of nitrogens with zero attached hydrogens (tertiary/aromatic N) is 5.